The van der Waals surface area contributed by atoms with Crippen LogP contribution >= 0.6 is 0 Å². The van der Waals surface area contributed by atoms with Crippen LogP contribution in [0.3, 0.4) is 0 Å². The Kier molecular flexibility index (Phi) is 1.95. The highest BCUT2D eigenvalue weighted by atomic mass is 19.3. The number of aliphatic hydroxyl groups excluding tert-OH is 1. The lowest BCUT2D eigenvalue weighted by atomic mass is 10.3. The number of hydrogen-bond donors (Lipinski definition) is 1. The number of alkyl halides is 2. The van der Waals surface area contributed by atoms with Crippen molar-refractivity contribution in [3.8, 4) is 0 Å². The van der Waals surface area contributed by atoms with E-state index in [0.717, 1.165) is 11.4 Å². The van der Waals surface area contributed by atoms with E-state index in [1.165, 1.54) is 0 Å². The summed E-state index contributed by atoms with van der Waals surface area (Å²) in [7, 11) is 0. The first-order chi connectivity index (χ1) is 7.63. The predicted octanol–water partition coefficient (Wildman–Crippen LogP) is 1.28. The number of halogens is 2. The van der Waals surface area contributed by atoms with Gasteiger partial charge in [-0.25, -0.2) is 13.8 Å². The summed E-state index contributed by atoms with van der Waals surface area (Å²) in [6, 6.07) is 3.54. The second kappa shape index (κ2) is 3.13. The number of aliphatic hydroxyl groups is 1. The fourth-order valence-corrected chi connectivity index (χ4v) is 2.39. The maximum atomic E-state index is 13.0. The number of nitrogens with zero attached hydrogens (tertiary/aromatic N) is 2. The molecule has 3 rings (SSSR count). The maximum Gasteiger partial charge on any atom is 0.258 e. The van der Waals surface area contributed by atoms with E-state index in [2.05, 4.69) is 4.98 Å². The molecule has 1 aromatic rings. The van der Waals surface area contributed by atoms with Gasteiger partial charge in [-0.05, 0) is 11.6 Å². The minimum Gasteiger partial charge on any atom is -0.392 e. The standard InChI is InChI=1S/C11H12F2N2O/c12-11(13)8-4-15(5-9(8)11)10-2-1-7(6-16)3-14-10/h1-3,8-9,16H,4-6H2/t8-,9?/m0/s1. The molecule has 1 unspecified atom stereocenters. The number of rotatable bonds is 2. The first-order valence-corrected chi connectivity index (χ1v) is 5.31. The van der Waals surface area contributed by atoms with Gasteiger partial charge in [0.2, 0.25) is 0 Å². The summed E-state index contributed by atoms with van der Waals surface area (Å²) in [6.45, 7) is 0.739. The molecular weight excluding hydrogens is 214 g/mol. The molecule has 3 nitrogen and oxygen atoms in total. The number of pyridine rings is 1. The van der Waals surface area contributed by atoms with Crippen molar-refractivity contribution in [1.82, 2.24) is 4.98 Å². The lowest BCUT2D eigenvalue weighted by Crippen LogP contribution is -2.27. The molecular formula is C11H12F2N2O. The van der Waals surface area contributed by atoms with Gasteiger partial charge in [-0.3, -0.25) is 0 Å². The van der Waals surface area contributed by atoms with Crippen molar-refractivity contribution in [2.75, 3.05) is 18.0 Å². The van der Waals surface area contributed by atoms with Crippen molar-refractivity contribution in [2.45, 2.75) is 12.5 Å². The molecule has 2 aliphatic rings. The number of piperidine rings is 1. The van der Waals surface area contributed by atoms with Gasteiger partial charge in [-0.15, -0.1) is 0 Å². The van der Waals surface area contributed by atoms with Gasteiger partial charge in [0.15, 0.2) is 0 Å². The number of hydrogen-bond acceptors (Lipinski definition) is 3. The molecule has 2 heterocycles. The molecule has 0 radical (unpaired) electrons. The van der Waals surface area contributed by atoms with E-state index in [0.29, 0.717) is 13.1 Å². The Hall–Kier alpha value is -1.23. The van der Waals surface area contributed by atoms with Gasteiger partial charge in [0.1, 0.15) is 5.82 Å². The highest BCUT2D eigenvalue weighted by molar-refractivity contribution is 5.43. The van der Waals surface area contributed by atoms with Crippen molar-refractivity contribution in [1.29, 1.82) is 0 Å². The van der Waals surface area contributed by atoms with Crippen LogP contribution in [0.2, 0.25) is 0 Å². The Morgan fingerprint density at radius 1 is 1.38 bits per heavy atom. The SMILES string of the molecule is OCc1ccc(N2CC3[C@H](C2)C3(F)F)nc1. The Morgan fingerprint density at radius 3 is 2.56 bits per heavy atom. The van der Waals surface area contributed by atoms with Crippen LogP contribution in [0.1, 0.15) is 5.56 Å². The molecule has 1 saturated heterocycles. The minimum atomic E-state index is -2.44. The second-order valence-electron chi connectivity index (χ2n) is 4.48. The van der Waals surface area contributed by atoms with Crippen LogP contribution in [0.15, 0.2) is 18.3 Å². The largest absolute Gasteiger partial charge is 0.392 e. The fraction of sp³-hybridized carbons (Fsp3) is 0.545. The van der Waals surface area contributed by atoms with E-state index in [1.54, 1.807) is 18.3 Å². The molecule has 0 bridgehead atoms. The van der Waals surface area contributed by atoms with Crippen molar-refractivity contribution in [3.05, 3.63) is 23.9 Å². The first kappa shape index (κ1) is 9.96. The lowest BCUT2D eigenvalue weighted by molar-refractivity contribution is 0.0797. The summed E-state index contributed by atoms with van der Waals surface area (Å²) in [4.78, 5) is 6.04. The molecule has 0 spiro atoms. The summed E-state index contributed by atoms with van der Waals surface area (Å²) in [6.07, 6.45) is 1.58. The molecule has 1 aliphatic carbocycles. The zero-order valence-electron chi connectivity index (χ0n) is 8.61. The van der Waals surface area contributed by atoms with E-state index in [9.17, 15) is 8.78 Å². The van der Waals surface area contributed by atoms with Crippen LogP contribution in [0.4, 0.5) is 14.6 Å². The molecule has 0 aromatic carbocycles. The summed E-state index contributed by atoms with van der Waals surface area (Å²) < 4.78 is 25.9. The Labute approximate surface area is 91.7 Å². The van der Waals surface area contributed by atoms with Gasteiger partial charge < -0.3 is 10.0 Å². The van der Waals surface area contributed by atoms with E-state index in [-0.39, 0.29) is 6.61 Å². The molecule has 5 heteroatoms. The van der Waals surface area contributed by atoms with Crippen molar-refractivity contribution in [2.24, 2.45) is 11.8 Å². The van der Waals surface area contributed by atoms with Crippen LogP contribution in [0.5, 0.6) is 0 Å². The van der Waals surface area contributed by atoms with Crippen molar-refractivity contribution in [3.63, 3.8) is 0 Å². The fourth-order valence-electron chi connectivity index (χ4n) is 2.39. The van der Waals surface area contributed by atoms with Crippen LogP contribution in [0.25, 0.3) is 0 Å². The zero-order valence-corrected chi connectivity index (χ0v) is 8.61. The number of anilines is 1. The van der Waals surface area contributed by atoms with Gasteiger partial charge in [-0.1, -0.05) is 6.07 Å². The average Bonchev–Trinajstić information content (AvgIpc) is 2.72. The molecule has 1 N–H and O–H groups in total. The van der Waals surface area contributed by atoms with Gasteiger partial charge in [0.25, 0.3) is 5.92 Å². The predicted molar refractivity (Wildman–Crippen MR) is 54.3 cm³/mol. The molecule has 1 aromatic heterocycles. The Morgan fingerprint density at radius 2 is 2.06 bits per heavy atom. The number of aromatic nitrogens is 1. The van der Waals surface area contributed by atoms with Crippen LogP contribution < -0.4 is 4.90 Å². The Bertz CT molecular complexity index is 393. The van der Waals surface area contributed by atoms with Gasteiger partial charge in [0.05, 0.1) is 18.4 Å². The maximum absolute atomic E-state index is 13.0. The van der Waals surface area contributed by atoms with E-state index in [1.807, 2.05) is 4.90 Å². The van der Waals surface area contributed by atoms with Crippen LogP contribution in [-0.2, 0) is 6.61 Å². The highest BCUT2D eigenvalue weighted by Gasteiger charge is 2.71. The van der Waals surface area contributed by atoms with E-state index >= 15 is 0 Å². The molecule has 86 valence electrons. The summed E-state index contributed by atoms with van der Waals surface area (Å²) in [5.41, 5.74) is 0.735. The molecule has 16 heavy (non-hydrogen) atoms. The quantitative estimate of drug-likeness (QED) is 0.825. The second-order valence-corrected chi connectivity index (χ2v) is 4.48. The van der Waals surface area contributed by atoms with Crippen LogP contribution in [0, 0.1) is 11.8 Å². The van der Waals surface area contributed by atoms with E-state index < -0.39 is 17.8 Å². The minimum absolute atomic E-state index is 0.0450. The Balaban J connectivity index is 1.71. The van der Waals surface area contributed by atoms with E-state index in [4.69, 9.17) is 5.11 Å². The van der Waals surface area contributed by atoms with Crippen LogP contribution in [-0.4, -0.2) is 29.1 Å². The third-order valence-corrected chi connectivity index (χ3v) is 3.52. The highest BCUT2D eigenvalue weighted by Crippen LogP contribution is 2.59. The van der Waals surface area contributed by atoms with Crippen molar-refractivity contribution < 1.29 is 13.9 Å². The molecule has 1 aliphatic heterocycles. The normalized spacial score (nSPS) is 30.3. The topological polar surface area (TPSA) is 36.4 Å². The first-order valence-electron chi connectivity index (χ1n) is 5.31. The van der Waals surface area contributed by atoms with Gasteiger partial charge in [0, 0.05) is 19.3 Å². The monoisotopic (exact) mass is 226 g/mol. The van der Waals surface area contributed by atoms with Crippen molar-refractivity contribution >= 4 is 5.82 Å². The average molecular weight is 226 g/mol. The smallest absolute Gasteiger partial charge is 0.258 e. The molecule has 1 saturated carbocycles. The third kappa shape index (κ3) is 1.31. The molecule has 2 atom stereocenters. The van der Waals surface area contributed by atoms with Gasteiger partial charge >= 0.3 is 0 Å². The molecule has 2 fully saturated rings. The zero-order chi connectivity index (χ0) is 11.3. The number of fused-ring (bicyclic) bond motifs is 1. The summed E-state index contributed by atoms with van der Waals surface area (Å²) >= 11 is 0. The summed E-state index contributed by atoms with van der Waals surface area (Å²) in [5, 5.41) is 8.86. The van der Waals surface area contributed by atoms with Gasteiger partial charge in [-0.2, -0.15) is 0 Å². The third-order valence-electron chi connectivity index (χ3n) is 3.52. The molecule has 0 amide bonds. The lowest BCUT2D eigenvalue weighted by Gasteiger charge is -2.20. The summed E-state index contributed by atoms with van der Waals surface area (Å²) in [5.74, 6) is -2.68.